The molecule has 2 atom stereocenters. The van der Waals surface area contributed by atoms with Crippen LogP contribution in [0.5, 0.6) is 0 Å². The van der Waals surface area contributed by atoms with Crippen LogP contribution in [-0.4, -0.2) is 15.9 Å². The molecule has 1 nitrogen and oxygen atoms in total. The van der Waals surface area contributed by atoms with Crippen molar-refractivity contribution in [2.24, 2.45) is 10.8 Å². The number of alkyl halides is 2. The molecule has 0 amide bonds. The van der Waals surface area contributed by atoms with E-state index in [1.807, 2.05) is 6.08 Å². The van der Waals surface area contributed by atoms with E-state index in [-0.39, 0.29) is 21.4 Å². The zero-order valence-corrected chi connectivity index (χ0v) is 15.5. The van der Waals surface area contributed by atoms with Crippen LogP contribution < -0.4 is 0 Å². The quantitative estimate of drug-likeness (QED) is 0.532. The summed E-state index contributed by atoms with van der Waals surface area (Å²) < 4.78 is 0. The van der Waals surface area contributed by atoms with Crippen LogP contribution in [0.1, 0.15) is 40.0 Å². The molecule has 0 saturated carbocycles. The van der Waals surface area contributed by atoms with Crippen molar-refractivity contribution < 1.29 is 4.79 Å². The van der Waals surface area contributed by atoms with Gasteiger partial charge in [-0.25, -0.2) is 0 Å². The fourth-order valence-corrected chi connectivity index (χ4v) is 5.02. The van der Waals surface area contributed by atoms with Crippen LogP contribution in [0.2, 0.25) is 0 Å². The number of halogens is 3. The fraction of sp³-hybridized carbons (Fsp3) is 0.667. The van der Waals surface area contributed by atoms with Gasteiger partial charge in [-0.2, -0.15) is 0 Å². The molecule has 4 heteroatoms. The van der Waals surface area contributed by atoms with Gasteiger partial charge in [0.25, 0.3) is 0 Å². The summed E-state index contributed by atoms with van der Waals surface area (Å²) in [5, 5.41) is 1.71. The van der Waals surface area contributed by atoms with E-state index in [0.717, 1.165) is 29.6 Å². The van der Waals surface area contributed by atoms with Gasteiger partial charge in [0.15, 0.2) is 5.78 Å². The predicted molar refractivity (Wildman–Crippen MR) is 88.2 cm³/mol. The van der Waals surface area contributed by atoms with Crippen LogP contribution in [0.25, 0.3) is 0 Å². The maximum Gasteiger partial charge on any atom is 0.169 e. The van der Waals surface area contributed by atoms with Crippen molar-refractivity contribution in [2.75, 3.05) is 5.33 Å². The third kappa shape index (κ3) is 2.30. The van der Waals surface area contributed by atoms with Crippen molar-refractivity contribution in [1.82, 2.24) is 0 Å². The molecular formula is C15H19Br2ClO. The van der Waals surface area contributed by atoms with E-state index in [0.29, 0.717) is 0 Å². The second-order valence-electron chi connectivity index (χ2n) is 6.23. The summed E-state index contributed by atoms with van der Waals surface area (Å²) in [6.45, 7) is 6.48. The van der Waals surface area contributed by atoms with Crippen molar-refractivity contribution in [2.45, 2.75) is 44.9 Å². The molecule has 0 unspecified atom stereocenters. The lowest BCUT2D eigenvalue weighted by molar-refractivity contribution is -0.118. The Hall–Kier alpha value is 0.400. The molecule has 0 N–H and O–H groups in total. The van der Waals surface area contributed by atoms with Crippen molar-refractivity contribution in [3.8, 4) is 0 Å². The van der Waals surface area contributed by atoms with E-state index in [9.17, 15) is 4.79 Å². The van der Waals surface area contributed by atoms with Gasteiger partial charge in [0.2, 0.25) is 0 Å². The largest absolute Gasteiger partial charge is 0.294 e. The molecule has 0 aromatic heterocycles. The zero-order valence-electron chi connectivity index (χ0n) is 11.5. The van der Waals surface area contributed by atoms with Gasteiger partial charge in [-0.1, -0.05) is 62.9 Å². The van der Waals surface area contributed by atoms with E-state index in [1.54, 1.807) is 0 Å². The summed E-state index contributed by atoms with van der Waals surface area (Å²) in [4.78, 5) is 12.0. The number of carbonyl (C=O) groups excluding carboxylic acids is 1. The minimum atomic E-state index is -0.136. The molecule has 0 saturated heterocycles. The Morgan fingerprint density at radius 3 is 2.63 bits per heavy atom. The Bertz CT molecular complexity index is 479. The normalized spacial score (nSPS) is 34.7. The van der Waals surface area contributed by atoms with Crippen LogP contribution in [0.15, 0.2) is 22.3 Å². The van der Waals surface area contributed by atoms with Gasteiger partial charge in [-0.05, 0) is 43.3 Å². The number of hydrogen-bond acceptors (Lipinski definition) is 1. The number of rotatable bonds is 1. The summed E-state index contributed by atoms with van der Waals surface area (Å²) >= 11 is 13.6. The third-order valence-electron chi connectivity index (χ3n) is 5.04. The second kappa shape index (κ2) is 5.31. The van der Waals surface area contributed by atoms with Crippen molar-refractivity contribution >= 4 is 49.2 Å². The van der Waals surface area contributed by atoms with Gasteiger partial charge in [0.1, 0.15) is 0 Å². The van der Waals surface area contributed by atoms with Gasteiger partial charge < -0.3 is 0 Å². The van der Waals surface area contributed by atoms with Gasteiger partial charge in [-0.15, -0.1) is 0 Å². The highest BCUT2D eigenvalue weighted by Gasteiger charge is 2.55. The Morgan fingerprint density at radius 1 is 1.47 bits per heavy atom. The lowest BCUT2D eigenvalue weighted by Gasteiger charge is -2.54. The molecule has 0 heterocycles. The van der Waals surface area contributed by atoms with Gasteiger partial charge in [-0.3, -0.25) is 4.79 Å². The molecule has 0 aromatic rings. The van der Waals surface area contributed by atoms with Crippen LogP contribution >= 0.6 is 43.5 Å². The molecule has 2 rings (SSSR count). The standard InChI is InChI=1S/C15H19Br2ClO/c1-9-4-5-15(7-11(9)18)10(8-16)6-12(19)13(17)14(15,2)3/h6,13H,4-5,7-8H2,1-3H3/t13-,15+/m0/s1. The molecule has 106 valence electrons. The predicted octanol–water partition coefficient (Wildman–Crippen LogP) is 5.36. The average molecular weight is 411 g/mol. The SMILES string of the molecule is CC1=C(Cl)C[C@]2(CC1)C(CBr)=CC(=O)[C@H](Br)C2(C)C. The molecule has 0 bridgehead atoms. The van der Waals surface area contributed by atoms with Crippen molar-refractivity contribution in [3.05, 3.63) is 22.3 Å². The molecule has 2 aliphatic carbocycles. The Labute approximate surface area is 137 Å². The Kier molecular flexibility index (Phi) is 4.41. The summed E-state index contributed by atoms with van der Waals surface area (Å²) in [5.41, 5.74) is 2.33. The first kappa shape index (κ1) is 15.8. The van der Waals surface area contributed by atoms with Gasteiger partial charge in [0, 0.05) is 15.8 Å². The average Bonchev–Trinajstić information content (AvgIpc) is 2.36. The maximum absolute atomic E-state index is 12.2. The zero-order chi connectivity index (χ0) is 14.4. The van der Waals surface area contributed by atoms with E-state index in [2.05, 4.69) is 52.6 Å². The summed E-state index contributed by atoms with van der Waals surface area (Å²) in [6, 6.07) is 0. The topological polar surface area (TPSA) is 17.1 Å². The highest BCUT2D eigenvalue weighted by Crippen LogP contribution is 2.61. The molecule has 0 aliphatic heterocycles. The van der Waals surface area contributed by atoms with Crippen molar-refractivity contribution in [1.29, 1.82) is 0 Å². The van der Waals surface area contributed by atoms with Crippen LogP contribution in [0.3, 0.4) is 0 Å². The first-order valence-corrected chi connectivity index (χ1v) is 8.97. The second-order valence-corrected chi connectivity index (χ2v) is 8.17. The monoisotopic (exact) mass is 408 g/mol. The van der Waals surface area contributed by atoms with Crippen molar-refractivity contribution in [3.63, 3.8) is 0 Å². The van der Waals surface area contributed by atoms with Crippen LogP contribution in [0.4, 0.5) is 0 Å². The van der Waals surface area contributed by atoms with E-state index in [4.69, 9.17) is 11.6 Å². The van der Waals surface area contributed by atoms with Gasteiger partial charge in [0.05, 0.1) is 4.83 Å². The number of carbonyl (C=O) groups is 1. The van der Waals surface area contributed by atoms with Crippen LogP contribution in [-0.2, 0) is 4.79 Å². The van der Waals surface area contributed by atoms with E-state index < -0.39 is 0 Å². The first-order valence-electron chi connectivity index (χ1n) is 6.55. The Morgan fingerprint density at radius 2 is 2.11 bits per heavy atom. The number of ketones is 1. The molecule has 0 aromatic carbocycles. The van der Waals surface area contributed by atoms with E-state index in [1.165, 1.54) is 11.1 Å². The molecule has 2 aliphatic rings. The lowest BCUT2D eigenvalue weighted by Crippen LogP contribution is -2.52. The molecular weight excluding hydrogens is 391 g/mol. The summed E-state index contributed by atoms with van der Waals surface area (Å²) in [7, 11) is 0. The maximum atomic E-state index is 12.2. The minimum Gasteiger partial charge on any atom is -0.294 e. The molecule has 0 fully saturated rings. The summed E-state index contributed by atoms with van der Waals surface area (Å²) in [6.07, 6.45) is 4.75. The highest BCUT2D eigenvalue weighted by molar-refractivity contribution is 9.10. The summed E-state index contributed by atoms with van der Waals surface area (Å²) in [5.74, 6) is 0.174. The third-order valence-corrected chi connectivity index (χ3v) is 7.69. The van der Waals surface area contributed by atoms with E-state index >= 15 is 0 Å². The molecule has 1 spiro atoms. The number of hydrogen-bond donors (Lipinski definition) is 0. The lowest BCUT2D eigenvalue weighted by atomic mass is 9.52. The highest BCUT2D eigenvalue weighted by atomic mass is 79.9. The molecule has 0 radical (unpaired) electrons. The first-order chi connectivity index (χ1) is 8.76. The Balaban J connectivity index is 2.58. The smallest absolute Gasteiger partial charge is 0.169 e. The van der Waals surface area contributed by atoms with Crippen LogP contribution in [0, 0.1) is 10.8 Å². The minimum absolute atomic E-state index is 0.0187. The number of allylic oxidation sites excluding steroid dienone is 4. The molecule has 19 heavy (non-hydrogen) atoms. The van der Waals surface area contributed by atoms with Gasteiger partial charge >= 0.3 is 0 Å². The fourth-order valence-electron chi connectivity index (χ4n) is 3.43.